The van der Waals surface area contributed by atoms with Gasteiger partial charge in [-0.15, -0.1) is 0 Å². The number of amides is 2. The van der Waals surface area contributed by atoms with Crippen LogP contribution < -0.4 is 10.6 Å². The van der Waals surface area contributed by atoms with E-state index >= 15 is 0 Å². The lowest BCUT2D eigenvalue weighted by Gasteiger charge is -2.19. The third-order valence-electron chi connectivity index (χ3n) is 5.30. The summed E-state index contributed by atoms with van der Waals surface area (Å²) in [6.07, 6.45) is -0.797. The van der Waals surface area contributed by atoms with E-state index in [4.69, 9.17) is 4.74 Å². The molecule has 164 valence electrons. The Morgan fingerprint density at radius 2 is 1.58 bits per heavy atom. The fourth-order valence-electron chi connectivity index (χ4n) is 3.80. The number of ketones is 1. The molecule has 0 spiro atoms. The van der Waals surface area contributed by atoms with Crippen molar-refractivity contribution in [3.8, 4) is 11.1 Å². The van der Waals surface area contributed by atoms with Crippen LogP contribution in [0.15, 0.2) is 48.5 Å². The Bertz CT molecular complexity index is 912. The lowest BCUT2D eigenvalue weighted by Crippen LogP contribution is -2.49. The molecule has 0 saturated carbocycles. The van der Waals surface area contributed by atoms with Gasteiger partial charge in [-0.05, 0) is 43.3 Å². The lowest BCUT2D eigenvalue weighted by molar-refractivity contribution is -0.126. The highest BCUT2D eigenvalue weighted by Crippen LogP contribution is 2.44. The van der Waals surface area contributed by atoms with Crippen LogP contribution >= 0.6 is 0 Å². The van der Waals surface area contributed by atoms with Crippen molar-refractivity contribution in [3.63, 3.8) is 0 Å². The van der Waals surface area contributed by atoms with E-state index in [1.54, 1.807) is 0 Å². The molecule has 7 heteroatoms. The third-order valence-corrected chi connectivity index (χ3v) is 5.30. The van der Waals surface area contributed by atoms with Crippen LogP contribution in [0.3, 0.4) is 0 Å². The van der Waals surface area contributed by atoms with Gasteiger partial charge in [0.05, 0.1) is 0 Å². The number of alkyl carbamates (subject to hydrolysis) is 1. The summed E-state index contributed by atoms with van der Waals surface area (Å²) in [7, 11) is 3.79. The molecule has 3 rings (SSSR count). The number of hydrogen-bond donors (Lipinski definition) is 2. The van der Waals surface area contributed by atoms with E-state index in [9.17, 15) is 14.4 Å². The van der Waals surface area contributed by atoms with Gasteiger partial charge in [0.1, 0.15) is 18.4 Å². The molecule has 7 nitrogen and oxygen atoms in total. The summed E-state index contributed by atoms with van der Waals surface area (Å²) in [4.78, 5) is 38.4. The van der Waals surface area contributed by atoms with Gasteiger partial charge in [-0.25, -0.2) is 4.79 Å². The Morgan fingerprint density at radius 1 is 1.00 bits per heavy atom. The van der Waals surface area contributed by atoms with Crippen molar-refractivity contribution in [3.05, 3.63) is 59.7 Å². The molecule has 0 heterocycles. The fourth-order valence-corrected chi connectivity index (χ4v) is 3.80. The van der Waals surface area contributed by atoms with Crippen molar-refractivity contribution in [1.29, 1.82) is 0 Å². The lowest BCUT2D eigenvalue weighted by atomic mass is 9.98. The highest BCUT2D eigenvalue weighted by atomic mass is 16.5. The van der Waals surface area contributed by atoms with Crippen molar-refractivity contribution in [2.24, 2.45) is 0 Å². The van der Waals surface area contributed by atoms with Gasteiger partial charge in [-0.1, -0.05) is 48.5 Å². The van der Waals surface area contributed by atoms with Crippen molar-refractivity contribution in [2.45, 2.75) is 25.3 Å². The molecule has 2 aromatic carbocycles. The Balaban J connectivity index is 1.62. The number of likely N-dealkylation sites (N-methyl/N-ethyl adjacent to an activating group) is 1. The number of hydrogen-bond acceptors (Lipinski definition) is 5. The maximum atomic E-state index is 12.5. The molecule has 2 amide bonds. The van der Waals surface area contributed by atoms with E-state index in [1.165, 1.54) is 6.92 Å². The molecule has 0 aliphatic heterocycles. The molecule has 31 heavy (non-hydrogen) atoms. The summed E-state index contributed by atoms with van der Waals surface area (Å²) in [5, 5.41) is 5.30. The number of carbonyl (C=O) groups is 3. The van der Waals surface area contributed by atoms with Crippen molar-refractivity contribution < 1.29 is 19.1 Å². The highest BCUT2D eigenvalue weighted by Gasteiger charge is 2.30. The molecular formula is C24H29N3O4. The third kappa shape index (κ3) is 5.70. The van der Waals surface area contributed by atoms with Gasteiger partial charge in [-0.3, -0.25) is 9.59 Å². The SMILES string of the molecule is CC(=O)CC(NC(=O)OCC1c2ccccc2-c2ccccc21)C(=O)NCCN(C)C. The normalized spacial score (nSPS) is 13.3. The van der Waals surface area contributed by atoms with E-state index in [0.29, 0.717) is 13.1 Å². The fraction of sp³-hybridized carbons (Fsp3) is 0.375. The predicted molar refractivity (Wildman–Crippen MR) is 119 cm³/mol. The zero-order valence-corrected chi connectivity index (χ0v) is 18.2. The van der Waals surface area contributed by atoms with Crippen LogP contribution in [0, 0.1) is 0 Å². The molecule has 1 aliphatic carbocycles. The minimum atomic E-state index is -0.963. The topological polar surface area (TPSA) is 87.7 Å². The summed E-state index contributed by atoms with van der Waals surface area (Å²) in [5.74, 6) is -0.657. The number of ether oxygens (including phenoxy) is 1. The van der Waals surface area contributed by atoms with Gasteiger partial charge in [0.2, 0.25) is 5.91 Å². The van der Waals surface area contributed by atoms with Crippen molar-refractivity contribution in [2.75, 3.05) is 33.8 Å². The molecule has 2 N–H and O–H groups in total. The first kappa shape index (κ1) is 22.5. The largest absolute Gasteiger partial charge is 0.449 e. The smallest absolute Gasteiger partial charge is 0.407 e. The molecule has 0 fully saturated rings. The van der Waals surface area contributed by atoms with Gasteiger partial charge in [0, 0.05) is 25.4 Å². The van der Waals surface area contributed by atoms with Crippen LogP contribution in [-0.4, -0.2) is 62.5 Å². The highest BCUT2D eigenvalue weighted by molar-refractivity contribution is 5.90. The van der Waals surface area contributed by atoms with E-state index in [0.717, 1.165) is 22.3 Å². The predicted octanol–water partition coefficient (Wildman–Crippen LogP) is 2.55. The van der Waals surface area contributed by atoms with Crippen LogP contribution in [0.4, 0.5) is 4.79 Å². The Hall–Kier alpha value is -3.19. The summed E-state index contributed by atoms with van der Waals surface area (Å²) < 4.78 is 5.50. The van der Waals surface area contributed by atoms with Gasteiger partial charge in [0.15, 0.2) is 0 Å². The maximum Gasteiger partial charge on any atom is 0.407 e. The summed E-state index contributed by atoms with van der Waals surface area (Å²) in [5.41, 5.74) is 4.50. The summed E-state index contributed by atoms with van der Waals surface area (Å²) >= 11 is 0. The molecule has 1 aliphatic rings. The second-order valence-electron chi connectivity index (χ2n) is 8.02. The number of benzene rings is 2. The van der Waals surface area contributed by atoms with Crippen molar-refractivity contribution in [1.82, 2.24) is 15.5 Å². The standard InChI is InChI=1S/C24H29N3O4/c1-16(28)14-22(23(29)25-12-13-27(2)3)26-24(30)31-15-21-19-10-6-4-8-17(19)18-9-5-7-11-20(18)21/h4-11,21-22H,12-15H2,1-3H3,(H,25,29)(H,26,30). The zero-order valence-electron chi connectivity index (χ0n) is 18.2. The molecule has 1 atom stereocenters. The van der Waals surface area contributed by atoms with Gasteiger partial charge < -0.3 is 20.3 Å². The van der Waals surface area contributed by atoms with Crippen LogP contribution in [0.2, 0.25) is 0 Å². The van der Waals surface area contributed by atoms with E-state index in [2.05, 4.69) is 22.8 Å². The second kappa shape index (κ2) is 10.2. The average molecular weight is 424 g/mol. The average Bonchev–Trinajstić information content (AvgIpc) is 3.05. The number of Topliss-reactive ketones (excluding diaryl/α,β-unsaturated/α-hetero) is 1. The van der Waals surface area contributed by atoms with Crippen molar-refractivity contribution >= 4 is 17.8 Å². The van der Waals surface area contributed by atoms with Crippen LogP contribution in [0.5, 0.6) is 0 Å². The molecule has 0 saturated heterocycles. The monoisotopic (exact) mass is 423 g/mol. The van der Waals surface area contributed by atoms with E-state index < -0.39 is 18.0 Å². The second-order valence-corrected chi connectivity index (χ2v) is 8.02. The number of nitrogens with zero attached hydrogens (tertiary/aromatic N) is 1. The Labute approximate surface area is 182 Å². The Morgan fingerprint density at radius 3 is 2.13 bits per heavy atom. The summed E-state index contributed by atoms with van der Waals surface area (Å²) in [6, 6.07) is 15.2. The number of carbonyl (C=O) groups excluding carboxylic acids is 3. The Kier molecular flexibility index (Phi) is 7.41. The zero-order chi connectivity index (χ0) is 22.4. The number of rotatable bonds is 9. The first-order valence-corrected chi connectivity index (χ1v) is 10.4. The van der Waals surface area contributed by atoms with E-state index in [1.807, 2.05) is 55.4 Å². The maximum absolute atomic E-state index is 12.5. The van der Waals surface area contributed by atoms with Gasteiger partial charge >= 0.3 is 6.09 Å². The number of fused-ring (bicyclic) bond motifs is 3. The first-order valence-electron chi connectivity index (χ1n) is 10.4. The quantitative estimate of drug-likeness (QED) is 0.647. The first-order chi connectivity index (χ1) is 14.9. The molecular weight excluding hydrogens is 394 g/mol. The minimum absolute atomic E-state index is 0.0710. The number of nitrogens with one attached hydrogen (secondary N) is 2. The van der Waals surface area contributed by atoms with Gasteiger partial charge in [0.25, 0.3) is 0 Å². The van der Waals surface area contributed by atoms with Crippen LogP contribution in [0.25, 0.3) is 11.1 Å². The summed E-state index contributed by atoms with van der Waals surface area (Å²) in [6.45, 7) is 2.62. The molecule has 1 unspecified atom stereocenters. The van der Waals surface area contributed by atoms with E-state index in [-0.39, 0.29) is 24.7 Å². The van der Waals surface area contributed by atoms with Crippen LogP contribution in [0.1, 0.15) is 30.4 Å². The molecule has 2 aromatic rings. The van der Waals surface area contributed by atoms with Gasteiger partial charge in [-0.2, -0.15) is 0 Å². The molecule has 0 aromatic heterocycles. The minimum Gasteiger partial charge on any atom is -0.449 e. The molecule has 0 radical (unpaired) electrons. The molecule has 0 bridgehead atoms. The van der Waals surface area contributed by atoms with Crippen LogP contribution in [-0.2, 0) is 14.3 Å².